The number of fused-ring (bicyclic) bond motifs is 1. The van der Waals surface area contributed by atoms with Crippen LogP contribution in [0.25, 0.3) is 23.3 Å². The molecule has 0 saturated heterocycles. The molecule has 36 heavy (non-hydrogen) atoms. The van der Waals surface area contributed by atoms with Gasteiger partial charge in [-0.1, -0.05) is 79.2 Å². The number of halogens is 1. The minimum absolute atomic E-state index is 0.497. The second-order valence-electron chi connectivity index (χ2n) is 9.43. The highest BCUT2D eigenvalue weighted by Crippen LogP contribution is 2.46. The molecule has 1 aliphatic carbocycles. The number of alkyl halides is 1. The highest BCUT2D eigenvalue weighted by atomic mass is 19.1. The van der Waals surface area contributed by atoms with Crippen LogP contribution < -0.4 is 10.9 Å². The standard InChI is InChI=1S/C32H28FN3/c33-32-28-21-26(17-19-29(28)35-36-32)31(30(24-9-6-10-24)23-7-2-1-3-8-23)25-15-12-22(13-16-25)14-18-27-11-4-5-20-34-27/h1-5,7-8,11-21,24,32,35-36H,6,9-10H2/b18-14+,31-30-. The monoisotopic (exact) mass is 473 g/mol. The molecule has 2 aliphatic rings. The Bertz CT molecular complexity index is 1410. The van der Waals surface area contributed by atoms with E-state index in [0.717, 1.165) is 28.1 Å². The molecular formula is C32H28FN3. The van der Waals surface area contributed by atoms with Crippen LogP contribution in [0.4, 0.5) is 10.1 Å². The van der Waals surface area contributed by atoms with Gasteiger partial charge < -0.3 is 5.43 Å². The fourth-order valence-corrected chi connectivity index (χ4v) is 5.05. The Morgan fingerprint density at radius 2 is 1.58 bits per heavy atom. The van der Waals surface area contributed by atoms with Gasteiger partial charge in [0, 0.05) is 11.8 Å². The molecule has 1 atom stereocenters. The van der Waals surface area contributed by atoms with Crippen molar-refractivity contribution in [3.05, 3.63) is 131 Å². The van der Waals surface area contributed by atoms with Crippen molar-refractivity contribution in [3.8, 4) is 0 Å². The molecule has 2 heterocycles. The SMILES string of the molecule is FC1NNc2ccc(/C(=C(/c3ccccc3)C3CCC3)c3ccc(/C=C/c4ccccn4)cc3)cc21. The lowest BCUT2D eigenvalue weighted by atomic mass is 9.73. The lowest BCUT2D eigenvalue weighted by Crippen LogP contribution is -2.15. The van der Waals surface area contributed by atoms with E-state index in [1.54, 1.807) is 6.20 Å². The van der Waals surface area contributed by atoms with Gasteiger partial charge in [-0.15, -0.1) is 0 Å². The predicted octanol–water partition coefficient (Wildman–Crippen LogP) is 7.91. The van der Waals surface area contributed by atoms with Gasteiger partial charge in [0.1, 0.15) is 0 Å². The van der Waals surface area contributed by atoms with Crippen LogP contribution >= 0.6 is 0 Å². The summed E-state index contributed by atoms with van der Waals surface area (Å²) in [6.07, 6.45) is 8.29. The average Bonchev–Trinajstić information content (AvgIpc) is 3.28. The van der Waals surface area contributed by atoms with Crippen LogP contribution in [0.3, 0.4) is 0 Å². The van der Waals surface area contributed by atoms with Crippen LogP contribution in [0, 0.1) is 5.92 Å². The maximum Gasteiger partial charge on any atom is 0.195 e. The van der Waals surface area contributed by atoms with Crippen LogP contribution in [0.1, 0.15) is 59.1 Å². The summed E-state index contributed by atoms with van der Waals surface area (Å²) in [5.41, 5.74) is 15.1. The fourth-order valence-electron chi connectivity index (χ4n) is 5.05. The lowest BCUT2D eigenvalue weighted by Gasteiger charge is -2.31. The highest BCUT2D eigenvalue weighted by Gasteiger charge is 2.28. The van der Waals surface area contributed by atoms with Gasteiger partial charge in [-0.25, -0.2) is 9.82 Å². The third-order valence-corrected chi connectivity index (χ3v) is 7.15. The van der Waals surface area contributed by atoms with Gasteiger partial charge in [-0.3, -0.25) is 4.98 Å². The van der Waals surface area contributed by atoms with Gasteiger partial charge in [0.2, 0.25) is 0 Å². The zero-order valence-electron chi connectivity index (χ0n) is 20.0. The number of pyridine rings is 1. The zero-order valence-corrected chi connectivity index (χ0v) is 20.0. The summed E-state index contributed by atoms with van der Waals surface area (Å²) >= 11 is 0. The largest absolute Gasteiger partial charge is 0.318 e. The van der Waals surface area contributed by atoms with Crippen molar-refractivity contribution in [3.63, 3.8) is 0 Å². The first-order valence-corrected chi connectivity index (χ1v) is 12.6. The van der Waals surface area contributed by atoms with Gasteiger partial charge in [-0.05, 0) is 82.5 Å². The number of nitrogens with one attached hydrogen (secondary N) is 2. The molecule has 3 aromatic carbocycles. The van der Waals surface area contributed by atoms with E-state index in [1.165, 1.54) is 36.0 Å². The Kier molecular flexibility index (Phi) is 6.18. The quantitative estimate of drug-likeness (QED) is 0.221. The molecule has 1 unspecified atom stereocenters. The van der Waals surface area contributed by atoms with E-state index in [0.29, 0.717) is 11.5 Å². The summed E-state index contributed by atoms with van der Waals surface area (Å²) in [5.74, 6) is 0.497. The minimum atomic E-state index is -1.22. The first kappa shape index (κ1) is 22.4. The van der Waals surface area contributed by atoms with Crippen molar-refractivity contribution in [1.82, 2.24) is 10.4 Å². The number of benzene rings is 3. The molecule has 6 rings (SSSR count). The van der Waals surface area contributed by atoms with E-state index in [9.17, 15) is 4.39 Å². The van der Waals surface area contributed by atoms with Crippen LogP contribution in [0.15, 0.2) is 97.2 Å². The Labute approximate surface area is 211 Å². The van der Waals surface area contributed by atoms with Crippen molar-refractivity contribution in [2.75, 3.05) is 5.43 Å². The van der Waals surface area contributed by atoms with E-state index in [-0.39, 0.29) is 0 Å². The van der Waals surface area contributed by atoms with Gasteiger partial charge in [0.15, 0.2) is 6.30 Å². The number of nitrogens with zero attached hydrogens (tertiary/aromatic N) is 1. The number of hydrazine groups is 1. The first-order chi connectivity index (χ1) is 17.8. The summed E-state index contributed by atoms with van der Waals surface area (Å²) in [6.45, 7) is 0. The van der Waals surface area contributed by atoms with Crippen molar-refractivity contribution >= 4 is 29.0 Å². The first-order valence-electron chi connectivity index (χ1n) is 12.6. The number of hydrogen-bond acceptors (Lipinski definition) is 3. The molecule has 1 saturated carbocycles. The number of aromatic nitrogens is 1. The predicted molar refractivity (Wildman–Crippen MR) is 146 cm³/mol. The maximum absolute atomic E-state index is 14.6. The van der Waals surface area contributed by atoms with E-state index in [4.69, 9.17) is 0 Å². The molecule has 0 bridgehead atoms. The molecular weight excluding hydrogens is 445 g/mol. The van der Waals surface area contributed by atoms with Gasteiger partial charge in [-0.2, -0.15) is 0 Å². The number of allylic oxidation sites excluding steroid dienone is 1. The van der Waals surface area contributed by atoms with E-state index >= 15 is 0 Å². The van der Waals surface area contributed by atoms with Crippen LogP contribution in [0.5, 0.6) is 0 Å². The molecule has 1 aromatic heterocycles. The molecule has 0 radical (unpaired) electrons. The summed E-state index contributed by atoms with van der Waals surface area (Å²) in [5, 5.41) is 0. The van der Waals surface area contributed by atoms with Crippen molar-refractivity contribution in [1.29, 1.82) is 0 Å². The Morgan fingerprint density at radius 1 is 0.806 bits per heavy atom. The lowest BCUT2D eigenvalue weighted by molar-refractivity contribution is 0.314. The van der Waals surface area contributed by atoms with Crippen LogP contribution in [-0.4, -0.2) is 4.98 Å². The molecule has 4 aromatic rings. The third kappa shape index (κ3) is 4.48. The number of hydrogen-bond donors (Lipinski definition) is 2. The van der Waals surface area contributed by atoms with Crippen LogP contribution in [-0.2, 0) is 0 Å². The molecule has 4 heteroatoms. The molecule has 3 nitrogen and oxygen atoms in total. The Morgan fingerprint density at radius 3 is 2.31 bits per heavy atom. The molecule has 0 spiro atoms. The third-order valence-electron chi connectivity index (χ3n) is 7.15. The second kappa shape index (κ2) is 9.92. The van der Waals surface area contributed by atoms with Gasteiger partial charge in [0.25, 0.3) is 0 Å². The summed E-state index contributed by atoms with van der Waals surface area (Å²) < 4.78 is 14.6. The molecule has 0 amide bonds. The molecule has 2 N–H and O–H groups in total. The second-order valence-corrected chi connectivity index (χ2v) is 9.43. The molecule has 1 fully saturated rings. The smallest absolute Gasteiger partial charge is 0.195 e. The van der Waals surface area contributed by atoms with Crippen LogP contribution in [0.2, 0.25) is 0 Å². The summed E-state index contributed by atoms with van der Waals surface area (Å²) in [7, 11) is 0. The average molecular weight is 474 g/mol. The van der Waals surface area contributed by atoms with E-state index < -0.39 is 6.30 Å². The number of anilines is 1. The van der Waals surface area contributed by atoms with E-state index in [2.05, 4.69) is 82.6 Å². The van der Waals surface area contributed by atoms with E-state index in [1.807, 2.05) is 36.4 Å². The normalized spacial score (nSPS) is 17.9. The number of rotatable bonds is 6. The van der Waals surface area contributed by atoms with Crippen molar-refractivity contribution < 1.29 is 4.39 Å². The van der Waals surface area contributed by atoms with Gasteiger partial charge in [0.05, 0.1) is 11.4 Å². The molecule has 178 valence electrons. The Hall–Kier alpha value is -4.02. The minimum Gasteiger partial charge on any atom is -0.318 e. The maximum atomic E-state index is 14.6. The topological polar surface area (TPSA) is 37.0 Å². The fraction of sp³-hybridized carbons (Fsp3) is 0.156. The summed E-state index contributed by atoms with van der Waals surface area (Å²) in [6, 6.07) is 31.3. The van der Waals surface area contributed by atoms with Gasteiger partial charge >= 0.3 is 0 Å². The van der Waals surface area contributed by atoms with Crippen molar-refractivity contribution in [2.45, 2.75) is 25.6 Å². The Balaban J connectivity index is 1.47. The van der Waals surface area contributed by atoms with Crippen molar-refractivity contribution in [2.24, 2.45) is 5.92 Å². The molecule has 1 aliphatic heterocycles. The summed E-state index contributed by atoms with van der Waals surface area (Å²) in [4.78, 5) is 4.37. The highest BCUT2D eigenvalue weighted by molar-refractivity contribution is 6.00. The zero-order chi connectivity index (χ0) is 24.3.